The van der Waals surface area contributed by atoms with Gasteiger partial charge >= 0.3 is 11.9 Å². The summed E-state index contributed by atoms with van der Waals surface area (Å²) < 4.78 is 10.3. The molecule has 0 bridgehead atoms. The molecule has 1 N–H and O–H groups in total. The van der Waals surface area contributed by atoms with E-state index >= 15 is 0 Å². The minimum Gasteiger partial charge on any atom is -0.466 e. The second-order valence-corrected chi connectivity index (χ2v) is 7.30. The zero-order valence-electron chi connectivity index (χ0n) is 16.5. The molecule has 0 radical (unpaired) electrons. The molecule has 0 aliphatic carbocycles. The van der Waals surface area contributed by atoms with E-state index in [9.17, 15) is 19.7 Å². The average molecular weight is 467 g/mol. The van der Waals surface area contributed by atoms with Gasteiger partial charge in [0.25, 0.3) is 5.69 Å². The summed E-state index contributed by atoms with van der Waals surface area (Å²) in [6.45, 7) is 3.63. The number of dihydropyridines is 1. The third-order valence-corrected chi connectivity index (χ3v) is 5.12. The number of ether oxygens (including phenoxy) is 2. The fourth-order valence-corrected chi connectivity index (χ4v) is 3.63. The number of nitro benzene ring substituents is 1. The molecule has 2 rings (SSSR count). The summed E-state index contributed by atoms with van der Waals surface area (Å²) in [5.74, 6) is -2.04. The number of allylic oxidation sites excluding steroid dienone is 2. The van der Waals surface area contributed by atoms with Crippen molar-refractivity contribution >= 4 is 33.6 Å². The quantitative estimate of drug-likeness (QED) is 0.204. The van der Waals surface area contributed by atoms with Gasteiger partial charge in [0.05, 0.1) is 35.7 Å². The Bertz CT molecular complexity index is 877. The van der Waals surface area contributed by atoms with Crippen LogP contribution in [-0.2, 0) is 19.1 Å². The van der Waals surface area contributed by atoms with Crippen molar-refractivity contribution in [1.29, 1.82) is 0 Å². The summed E-state index contributed by atoms with van der Waals surface area (Å²) in [6.07, 6.45) is 1.54. The summed E-state index contributed by atoms with van der Waals surface area (Å²) in [4.78, 5) is 36.1. The van der Waals surface area contributed by atoms with Crippen LogP contribution in [0.4, 0.5) is 5.69 Å². The van der Waals surface area contributed by atoms with Gasteiger partial charge in [-0.1, -0.05) is 28.1 Å². The van der Waals surface area contributed by atoms with E-state index < -0.39 is 22.8 Å². The fraction of sp³-hybridized carbons (Fsp3) is 0.400. The highest BCUT2D eigenvalue weighted by molar-refractivity contribution is 9.09. The number of nitro groups is 1. The Labute approximate surface area is 177 Å². The minimum atomic E-state index is -0.840. The van der Waals surface area contributed by atoms with Crippen LogP contribution in [0.5, 0.6) is 0 Å². The summed E-state index contributed by atoms with van der Waals surface area (Å²) >= 11 is 3.33. The van der Waals surface area contributed by atoms with E-state index in [1.807, 2.05) is 0 Å². The predicted molar refractivity (Wildman–Crippen MR) is 110 cm³/mol. The van der Waals surface area contributed by atoms with Gasteiger partial charge in [0.1, 0.15) is 0 Å². The lowest BCUT2D eigenvalue weighted by Gasteiger charge is -2.30. The van der Waals surface area contributed by atoms with E-state index in [1.165, 1.54) is 25.3 Å². The number of carbonyl (C=O) groups is 2. The molecule has 1 aromatic carbocycles. The number of hydrogen-bond donors (Lipinski definition) is 1. The SMILES string of the molecule is COC(=O)C1=C(C)NC(C)=C(C(=O)OCCCCBr)C1c1cccc([N+](=O)[O-])c1. The molecule has 9 heteroatoms. The molecule has 0 amide bonds. The van der Waals surface area contributed by atoms with Gasteiger partial charge in [-0.2, -0.15) is 0 Å². The molecule has 0 aromatic heterocycles. The van der Waals surface area contributed by atoms with Crippen molar-refractivity contribution < 1.29 is 24.0 Å². The van der Waals surface area contributed by atoms with E-state index in [-0.39, 0.29) is 23.4 Å². The van der Waals surface area contributed by atoms with Crippen molar-refractivity contribution in [2.45, 2.75) is 32.6 Å². The maximum Gasteiger partial charge on any atom is 0.336 e. The fourth-order valence-electron chi connectivity index (χ4n) is 3.24. The molecule has 29 heavy (non-hydrogen) atoms. The molecule has 1 aromatic rings. The third kappa shape index (κ3) is 5.23. The maximum absolute atomic E-state index is 12.9. The number of unbranched alkanes of at least 4 members (excludes halogenated alkanes) is 1. The van der Waals surface area contributed by atoms with Crippen LogP contribution in [0.1, 0.15) is 38.2 Å². The lowest BCUT2D eigenvalue weighted by Crippen LogP contribution is -2.32. The van der Waals surface area contributed by atoms with Gasteiger partial charge in [-0.3, -0.25) is 10.1 Å². The average Bonchev–Trinajstić information content (AvgIpc) is 2.70. The van der Waals surface area contributed by atoms with Crippen LogP contribution in [0.15, 0.2) is 46.8 Å². The predicted octanol–water partition coefficient (Wildman–Crippen LogP) is 3.72. The second-order valence-electron chi connectivity index (χ2n) is 6.51. The van der Waals surface area contributed by atoms with Crippen LogP contribution in [0.2, 0.25) is 0 Å². The van der Waals surface area contributed by atoms with Crippen molar-refractivity contribution in [3.8, 4) is 0 Å². The highest BCUT2D eigenvalue weighted by Gasteiger charge is 2.38. The van der Waals surface area contributed by atoms with E-state index in [0.717, 1.165) is 11.8 Å². The Morgan fingerprint density at radius 2 is 1.83 bits per heavy atom. The Morgan fingerprint density at radius 3 is 2.41 bits per heavy atom. The minimum absolute atomic E-state index is 0.134. The number of nitrogens with zero attached hydrogens (tertiary/aromatic N) is 1. The molecule has 0 spiro atoms. The Kier molecular flexibility index (Phi) is 7.95. The Hall–Kier alpha value is -2.68. The van der Waals surface area contributed by atoms with Gasteiger partial charge in [0.15, 0.2) is 0 Å². The van der Waals surface area contributed by atoms with Gasteiger partial charge < -0.3 is 14.8 Å². The maximum atomic E-state index is 12.9. The van der Waals surface area contributed by atoms with Crippen LogP contribution in [0.3, 0.4) is 0 Å². The van der Waals surface area contributed by atoms with Crippen LogP contribution >= 0.6 is 15.9 Å². The van der Waals surface area contributed by atoms with Gasteiger partial charge in [0, 0.05) is 28.9 Å². The molecule has 1 aliphatic rings. The molecule has 1 unspecified atom stereocenters. The van der Waals surface area contributed by atoms with Gasteiger partial charge in [-0.05, 0) is 32.3 Å². The summed E-state index contributed by atoms with van der Waals surface area (Å²) in [7, 11) is 1.25. The zero-order chi connectivity index (χ0) is 21.6. The number of methoxy groups -OCH3 is 1. The molecule has 156 valence electrons. The second kappa shape index (κ2) is 10.2. The van der Waals surface area contributed by atoms with Crippen LogP contribution < -0.4 is 5.32 Å². The summed E-state index contributed by atoms with van der Waals surface area (Å²) in [5.41, 5.74) is 1.79. The smallest absolute Gasteiger partial charge is 0.336 e. The number of non-ortho nitro benzene ring substituents is 1. The van der Waals surface area contributed by atoms with Crippen LogP contribution in [0, 0.1) is 10.1 Å². The molecule has 1 aliphatic heterocycles. The zero-order valence-corrected chi connectivity index (χ0v) is 18.1. The Morgan fingerprint density at radius 1 is 1.17 bits per heavy atom. The number of esters is 2. The Balaban J connectivity index is 2.53. The molecule has 0 saturated heterocycles. The topological polar surface area (TPSA) is 108 Å². The summed E-state index contributed by atoms with van der Waals surface area (Å²) in [5, 5.41) is 15.1. The lowest BCUT2D eigenvalue weighted by molar-refractivity contribution is -0.384. The first-order chi connectivity index (χ1) is 13.8. The number of nitrogens with one attached hydrogen (secondary N) is 1. The first-order valence-electron chi connectivity index (χ1n) is 9.06. The molecule has 8 nitrogen and oxygen atoms in total. The van der Waals surface area contributed by atoms with Crippen LogP contribution in [0.25, 0.3) is 0 Å². The number of benzene rings is 1. The van der Waals surface area contributed by atoms with Crippen molar-refractivity contribution in [3.05, 3.63) is 62.5 Å². The molecule has 1 heterocycles. The highest BCUT2D eigenvalue weighted by Crippen LogP contribution is 2.40. The number of rotatable bonds is 8. The highest BCUT2D eigenvalue weighted by atomic mass is 79.9. The lowest BCUT2D eigenvalue weighted by atomic mass is 9.80. The standard InChI is InChI=1S/C20H23BrN2O6/c1-12-16(19(24)28-3)18(14-7-6-8-15(11-14)23(26)27)17(13(2)22-12)20(25)29-10-5-4-9-21/h6-8,11,18,22H,4-5,9-10H2,1-3H3. The summed E-state index contributed by atoms with van der Waals surface area (Å²) in [6, 6.07) is 5.88. The number of hydrogen-bond acceptors (Lipinski definition) is 7. The van der Waals surface area contributed by atoms with Crippen molar-refractivity contribution in [3.63, 3.8) is 0 Å². The molecular weight excluding hydrogens is 444 g/mol. The van der Waals surface area contributed by atoms with E-state index in [2.05, 4.69) is 21.2 Å². The van der Waals surface area contributed by atoms with Crippen molar-refractivity contribution in [2.24, 2.45) is 0 Å². The van der Waals surface area contributed by atoms with Gasteiger partial charge in [-0.25, -0.2) is 9.59 Å². The normalized spacial score (nSPS) is 16.3. The van der Waals surface area contributed by atoms with E-state index in [4.69, 9.17) is 9.47 Å². The third-order valence-electron chi connectivity index (χ3n) is 4.56. The van der Waals surface area contributed by atoms with Crippen LogP contribution in [-0.4, -0.2) is 35.9 Å². The molecule has 1 atom stereocenters. The molecule has 0 saturated carbocycles. The molecular formula is C20H23BrN2O6. The first kappa shape index (κ1) is 22.6. The number of halogens is 1. The monoisotopic (exact) mass is 466 g/mol. The number of carbonyl (C=O) groups excluding carboxylic acids is 2. The number of alkyl halides is 1. The van der Waals surface area contributed by atoms with E-state index in [0.29, 0.717) is 23.4 Å². The largest absolute Gasteiger partial charge is 0.466 e. The van der Waals surface area contributed by atoms with Crippen molar-refractivity contribution in [2.75, 3.05) is 19.0 Å². The first-order valence-corrected chi connectivity index (χ1v) is 10.2. The van der Waals surface area contributed by atoms with Crippen molar-refractivity contribution in [1.82, 2.24) is 5.32 Å². The van der Waals surface area contributed by atoms with Gasteiger partial charge in [-0.15, -0.1) is 0 Å². The van der Waals surface area contributed by atoms with E-state index in [1.54, 1.807) is 19.9 Å². The van der Waals surface area contributed by atoms with Gasteiger partial charge in [0.2, 0.25) is 0 Å². The molecule has 0 fully saturated rings.